The minimum atomic E-state index is -3.91. The van der Waals surface area contributed by atoms with Gasteiger partial charge in [-0.3, -0.25) is 4.98 Å². The van der Waals surface area contributed by atoms with Crippen LogP contribution in [0.2, 0.25) is 10.0 Å². The number of guanidine groups is 1. The molecule has 0 saturated heterocycles. The van der Waals surface area contributed by atoms with E-state index in [1.807, 2.05) is 0 Å². The molecule has 0 bridgehead atoms. The number of aromatic nitrogens is 1. The molecule has 4 rings (SSSR count). The second kappa shape index (κ2) is 8.10. The zero-order valence-corrected chi connectivity index (χ0v) is 17.4. The number of nitrogens with one attached hydrogen (secondary N) is 2. The standard InChI is InChI=1S/C19H13Cl2FN4O3S/c20-12-4-1-2-5-15(12)29-16-6-3-7-17-18(16)25-19(26-30(17,27)28)24-10-14-13(21)8-11(22)9-23-14/h1-9H,10H2,(H2,24,25,26). The number of pyridine rings is 1. The van der Waals surface area contributed by atoms with Crippen LogP contribution in [0.1, 0.15) is 5.69 Å². The van der Waals surface area contributed by atoms with Gasteiger partial charge in [-0.1, -0.05) is 41.4 Å². The van der Waals surface area contributed by atoms with Gasteiger partial charge in [0.25, 0.3) is 10.0 Å². The van der Waals surface area contributed by atoms with Crippen molar-refractivity contribution in [2.75, 3.05) is 5.32 Å². The highest BCUT2D eigenvalue weighted by Crippen LogP contribution is 2.38. The molecule has 7 nitrogen and oxygen atoms in total. The fourth-order valence-electron chi connectivity index (χ4n) is 2.70. The van der Waals surface area contributed by atoms with Crippen molar-refractivity contribution in [2.45, 2.75) is 11.4 Å². The molecule has 0 unspecified atom stereocenters. The third-order valence-corrected chi connectivity index (χ3v) is 6.10. The lowest BCUT2D eigenvalue weighted by Gasteiger charge is -2.23. The highest BCUT2D eigenvalue weighted by molar-refractivity contribution is 7.90. The molecule has 2 aromatic carbocycles. The van der Waals surface area contributed by atoms with Crippen molar-refractivity contribution in [3.8, 4) is 11.5 Å². The van der Waals surface area contributed by atoms with Crippen LogP contribution >= 0.6 is 23.2 Å². The lowest BCUT2D eigenvalue weighted by atomic mass is 10.2. The molecule has 0 amide bonds. The molecule has 3 aromatic rings. The van der Waals surface area contributed by atoms with Crippen molar-refractivity contribution in [3.05, 3.63) is 76.3 Å². The lowest BCUT2D eigenvalue weighted by Crippen LogP contribution is -2.40. The number of anilines is 1. The molecule has 11 heteroatoms. The van der Waals surface area contributed by atoms with Gasteiger partial charge in [0, 0.05) is 0 Å². The lowest BCUT2D eigenvalue weighted by molar-refractivity contribution is 0.483. The second-order valence-electron chi connectivity index (χ2n) is 6.14. The maximum Gasteiger partial charge on any atom is 0.266 e. The molecule has 1 aromatic heterocycles. The Hall–Kier alpha value is -2.88. The largest absolute Gasteiger partial charge is 0.454 e. The number of benzene rings is 2. The maximum absolute atomic E-state index is 13.2. The van der Waals surface area contributed by atoms with E-state index in [-0.39, 0.29) is 39.6 Å². The Bertz CT molecular complexity index is 1270. The Kier molecular flexibility index (Phi) is 5.50. The van der Waals surface area contributed by atoms with E-state index in [1.54, 1.807) is 36.4 Å². The molecule has 0 spiro atoms. The summed E-state index contributed by atoms with van der Waals surface area (Å²) < 4.78 is 46.7. The van der Waals surface area contributed by atoms with Crippen LogP contribution in [0.4, 0.5) is 10.1 Å². The highest BCUT2D eigenvalue weighted by atomic mass is 35.5. The van der Waals surface area contributed by atoms with E-state index in [9.17, 15) is 12.8 Å². The third-order valence-electron chi connectivity index (χ3n) is 4.08. The topological polar surface area (TPSA) is 92.7 Å². The number of hydrogen-bond acceptors (Lipinski definition) is 5. The van der Waals surface area contributed by atoms with E-state index in [0.29, 0.717) is 10.8 Å². The number of ether oxygens (including phenoxy) is 1. The number of aliphatic imine (C=N–C) groups is 1. The molecule has 0 saturated carbocycles. The van der Waals surface area contributed by atoms with Gasteiger partial charge in [-0.15, -0.1) is 0 Å². The quantitative estimate of drug-likeness (QED) is 0.586. The van der Waals surface area contributed by atoms with Gasteiger partial charge in [0.15, 0.2) is 5.75 Å². The molecule has 1 aliphatic heterocycles. The number of rotatable bonds is 4. The molecule has 0 atom stereocenters. The maximum atomic E-state index is 13.2. The zero-order valence-electron chi connectivity index (χ0n) is 15.1. The number of nitrogens with zero attached hydrogens (tertiary/aromatic N) is 2. The van der Waals surface area contributed by atoms with Gasteiger partial charge in [-0.25, -0.2) is 22.5 Å². The first kappa shape index (κ1) is 20.4. The summed E-state index contributed by atoms with van der Waals surface area (Å²) in [5, 5.41) is 3.37. The average Bonchev–Trinajstić information content (AvgIpc) is 2.69. The molecular weight excluding hydrogens is 454 g/mol. The van der Waals surface area contributed by atoms with Gasteiger partial charge in [-0.05, 0) is 30.3 Å². The fraction of sp³-hybridized carbons (Fsp3) is 0.0526. The predicted molar refractivity (Wildman–Crippen MR) is 112 cm³/mol. The first-order valence-corrected chi connectivity index (χ1v) is 10.8. The Labute approximate surface area is 181 Å². The Morgan fingerprint density at radius 3 is 2.60 bits per heavy atom. The SMILES string of the molecule is O=S1(=O)NC(=NCc2ncc(F)cc2Cl)Nc2c(Oc3ccccc3Cl)cccc21. The van der Waals surface area contributed by atoms with E-state index in [0.717, 1.165) is 12.3 Å². The van der Waals surface area contributed by atoms with Crippen LogP contribution in [0.5, 0.6) is 11.5 Å². The summed E-state index contributed by atoms with van der Waals surface area (Å²) in [5.74, 6) is -0.0227. The number of halogens is 3. The summed E-state index contributed by atoms with van der Waals surface area (Å²) in [5.41, 5.74) is 0.492. The number of para-hydroxylation sites is 2. The number of sulfonamides is 1. The molecule has 0 radical (unpaired) electrons. The van der Waals surface area contributed by atoms with E-state index in [4.69, 9.17) is 27.9 Å². The Balaban J connectivity index is 1.68. The zero-order chi connectivity index (χ0) is 21.3. The van der Waals surface area contributed by atoms with Crippen LogP contribution in [0, 0.1) is 5.82 Å². The van der Waals surface area contributed by atoms with Gasteiger partial charge in [0.05, 0.1) is 28.5 Å². The summed E-state index contributed by atoms with van der Waals surface area (Å²) in [7, 11) is -3.91. The van der Waals surface area contributed by atoms with E-state index >= 15 is 0 Å². The van der Waals surface area contributed by atoms with Crippen LogP contribution in [-0.2, 0) is 16.6 Å². The van der Waals surface area contributed by atoms with Crippen LogP contribution < -0.4 is 14.8 Å². The molecule has 0 fully saturated rings. The van der Waals surface area contributed by atoms with Gasteiger partial charge in [0.2, 0.25) is 5.96 Å². The van der Waals surface area contributed by atoms with Gasteiger partial charge < -0.3 is 10.1 Å². The average molecular weight is 467 g/mol. The summed E-state index contributed by atoms with van der Waals surface area (Å²) in [6, 6.07) is 12.5. The molecule has 0 aliphatic carbocycles. The van der Waals surface area contributed by atoms with Crippen LogP contribution in [0.3, 0.4) is 0 Å². The van der Waals surface area contributed by atoms with E-state index in [1.165, 1.54) is 6.07 Å². The van der Waals surface area contributed by atoms with Crippen molar-refractivity contribution in [1.29, 1.82) is 0 Å². The highest BCUT2D eigenvalue weighted by Gasteiger charge is 2.29. The summed E-state index contributed by atoms with van der Waals surface area (Å²) in [4.78, 5) is 8.03. The Morgan fingerprint density at radius 1 is 1.07 bits per heavy atom. The van der Waals surface area contributed by atoms with Crippen molar-refractivity contribution >= 4 is 44.9 Å². The minimum absolute atomic E-state index is 0.0102. The van der Waals surface area contributed by atoms with Crippen molar-refractivity contribution in [3.63, 3.8) is 0 Å². The molecule has 1 aliphatic rings. The summed E-state index contributed by atoms with van der Waals surface area (Å²) >= 11 is 12.1. The number of fused-ring (bicyclic) bond motifs is 1. The van der Waals surface area contributed by atoms with Gasteiger partial charge in [0.1, 0.15) is 22.1 Å². The van der Waals surface area contributed by atoms with E-state index < -0.39 is 15.8 Å². The molecule has 2 heterocycles. The normalized spacial score (nSPS) is 15.8. The fourth-order valence-corrected chi connectivity index (χ4v) is 4.25. The molecule has 2 N–H and O–H groups in total. The molecule has 30 heavy (non-hydrogen) atoms. The second-order valence-corrected chi connectivity index (χ2v) is 8.60. The van der Waals surface area contributed by atoms with Crippen LogP contribution in [0.15, 0.2) is 64.6 Å². The van der Waals surface area contributed by atoms with Crippen molar-refractivity contribution < 1.29 is 17.5 Å². The first-order chi connectivity index (χ1) is 14.3. The Morgan fingerprint density at radius 2 is 1.83 bits per heavy atom. The minimum Gasteiger partial charge on any atom is -0.454 e. The monoisotopic (exact) mass is 466 g/mol. The first-order valence-electron chi connectivity index (χ1n) is 8.53. The molecular formula is C19H13Cl2FN4O3S. The van der Waals surface area contributed by atoms with Crippen LogP contribution in [0.25, 0.3) is 0 Å². The summed E-state index contributed by atoms with van der Waals surface area (Å²) in [6.07, 6.45) is 1.00. The van der Waals surface area contributed by atoms with E-state index in [2.05, 4.69) is 20.0 Å². The third kappa shape index (κ3) is 4.18. The van der Waals surface area contributed by atoms with Gasteiger partial charge >= 0.3 is 0 Å². The van der Waals surface area contributed by atoms with Crippen molar-refractivity contribution in [2.24, 2.45) is 4.99 Å². The summed E-state index contributed by atoms with van der Waals surface area (Å²) in [6.45, 7) is -0.0766. The van der Waals surface area contributed by atoms with Crippen molar-refractivity contribution in [1.82, 2.24) is 9.71 Å². The van der Waals surface area contributed by atoms with Crippen LogP contribution in [-0.4, -0.2) is 19.4 Å². The molecule has 154 valence electrons. The van der Waals surface area contributed by atoms with Gasteiger partial charge in [-0.2, -0.15) is 0 Å². The smallest absolute Gasteiger partial charge is 0.266 e. The number of hydrogen-bond donors (Lipinski definition) is 2. The predicted octanol–water partition coefficient (Wildman–Crippen LogP) is 4.58.